The monoisotopic (exact) mass is 367 g/mol. The molecule has 6 nitrogen and oxygen atoms in total. The molecule has 0 aliphatic carbocycles. The number of hydrogen-bond acceptors (Lipinski definition) is 5. The topological polar surface area (TPSA) is 81.2 Å². The number of benzene rings is 1. The third-order valence-electron chi connectivity index (χ3n) is 3.21. The van der Waals surface area contributed by atoms with Gasteiger partial charge in [-0.3, -0.25) is 9.78 Å². The number of carbonyl (C=O) groups excluding carboxylic acids is 2. The van der Waals surface area contributed by atoms with Crippen LogP contribution in [-0.2, 0) is 9.53 Å². The maximum absolute atomic E-state index is 12.2. The summed E-state index contributed by atoms with van der Waals surface area (Å²) in [5.41, 5.74) is 0.743. The Balaban J connectivity index is 1.97. The van der Waals surface area contributed by atoms with E-state index in [9.17, 15) is 9.59 Å². The number of hydrogen-bond donors (Lipinski definition) is 1. The van der Waals surface area contributed by atoms with Crippen LogP contribution in [0.5, 0.6) is 0 Å². The van der Waals surface area contributed by atoms with E-state index in [1.54, 1.807) is 25.1 Å². The van der Waals surface area contributed by atoms with E-state index < -0.39 is 18.0 Å². The first kappa shape index (κ1) is 18.2. The number of halogens is 2. The molecule has 0 radical (unpaired) electrons. The van der Waals surface area contributed by atoms with Crippen molar-refractivity contribution in [1.82, 2.24) is 15.3 Å². The lowest BCUT2D eigenvalue weighted by molar-refractivity contribution is -0.129. The van der Waals surface area contributed by atoms with Gasteiger partial charge in [0, 0.05) is 22.4 Å². The predicted octanol–water partition coefficient (Wildman–Crippen LogP) is 3.21. The van der Waals surface area contributed by atoms with E-state index in [-0.39, 0.29) is 11.7 Å². The molecule has 2 aromatic rings. The van der Waals surface area contributed by atoms with E-state index in [0.29, 0.717) is 15.6 Å². The first-order valence-electron chi connectivity index (χ1n) is 7.11. The molecule has 1 aromatic heterocycles. The number of nitrogens with zero attached hydrogens (tertiary/aromatic N) is 2. The molecule has 0 saturated carbocycles. The van der Waals surface area contributed by atoms with Gasteiger partial charge in [-0.2, -0.15) is 0 Å². The lowest BCUT2D eigenvalue weighted by Gasteiger charge is -2.19. The van der Waals surface area contributed by atoms with Crippen LogP contribution in [0.15, 0.2) is 36.8 Å². The van der Waals surface area contributed by atoms with Gasteiger partial charge in [-0.1, -0.05) is 29.3 Å². The fraction of sp³-hybridized carbons (Fsp3) is 0.250. The summed E-state index contributed by atoms with van der Waals surface area (Å²) in [6.45, 7) is 3.24. The van der Waals surface area contributed by atoms with Crippen LogP contribution < -0.4 is 5.32 Å². The normalized spacial score (nSPS) is 13.0. The van der Waals surface area contributed by atoms with Crippen LogP contribution in [0.1, 0.15) is 35.9 Å². The van der Waals surface area contributed by atoms with Gasteiger partial charge >= 0.3 is 5.97 Å². The number of rotatable bonds is 5. The number of ether oxygens (including phenoxy) is 1. The summed E-state index contributed by atoms with van der Waals surface area (Å²) < 4.78 is 5.08. The molecule has 1 N–H and O–H groups in total. The predicted molar refractivity (Wildman–Crippen MR) is 89.9 cm³/mol. The van der Waals surface area contributed by atoms with E-state index in [4.69, 9.17) is 27.9 Å². The average molecular weight is 368 g/mol. The Labute approximate surface area is 149 Å². The first-order valence-corrected chi connectivity index (χ1v) is 7.86. The lowest BCUT2D eigenvalue weighted by Crippen LogP contribution is -2.37. The number of amides is 1. The Hall–Kier alpha value is -2.18. The van der Waals surface area contributed by atoms with Crippen molar-refractivity contribution >= 4 is 35.1 Å². The van der Waals surface area contributed by atoms with E-state index in [1.165, 1.54) is 25.5 Å². The third-order valence-corrected chi connectivity index (χ3v) is 3.78. The molecule has 0 saturated heterocycles. The molecule has 2 atom stereocenters. The fourth-order valence-corrected chi connectivity index (χ4v) is 2.51. The van der Waals surface area contributed by atoms with Crippen molar-refractivity contribution in [3.8, 4) is 0 Å². The highest BCUT2D eigenvalue weighted by Crippen LogP contribution is 2.26. The fourth-order valence-electron chi connectivity index (χ4n) is 1.94. The molecule has 0 aliphatic rings. The largest absolute Gasteiger partial charge is 0.448 e. The summed E-state index contributed by atoms with van der Waals surface area (Å²) in [5, 5.41) is 3.69. The zero-order chi connectivity index (χ0) is 17.7. The second kappa shape index (κ2) is 8.08. The third kappa shape index (κ3) is 4.66. The minimum atomic E-state index is -0.993. The van der Waals surface area contributed by atoms with Crippen LogP contribution in [0.3, 0.4) is 0 Å². The smallest absolute Gasteiger partial charge is 0.359 e. The molecular weight excluding hydrogens is 353 g/mol. The van der Waals surface area contributed by atoms with Gasteiger partial charge in [0.15, 0.2) is 11.8 Å². The van der Waals surface area contributed by atoms with Crippen LogP contribution >= 0.6 is 23.2 Å². The molecule has 2 rings (SSSR count). The van der Waals surface area contributed by atoms with Crippen LogP contribution in [0.25, 0.3) is 0 Å². The van der Waals surface area contributed by atoms with Crippen LogP contribution in [0.4, 0.5) is 0 Å². The van der Waals surface area contributed by atoms with Crippen LogP contribution in [0.2, 0.25) is 10.0 Å². The van der Waals surface area contributed by atoms with Crippen molar-refractivity contribution in [2.75, 3.05) is 0 Å². The summed E-state index contributed by atoms with van der Waals surface area (Å²) in [5.74, 6) is -1.17. The molecule has 1 aromatic carbocycles. The first-order chi connectivity index (χ1) is 11.4. The highest BCUT2D eigenvalue weighted by atomic mass is 35.5. The van der Waals surface area contributed by atoms with Gasteiger partial charge in [-0.05, 0) is 31.5 Å². The second-order valence-electron chi connectivity index (χ2n) is 5.03. The molecular formula is C16H15Cl2N3O3. The van der Waals surface area contributed by atoms with E-state index >= 15 is 0 Å². The zero-order valence-electron chi connectivity index (χ0n) is 13.0. The van der Waals surface area contributed by atoms with Gasteiger partial charge in [-0.15, -0.1) is 0 Å². The summed E-state index contributed by atoms with van der Waals surface area (Å²) in [6.07, 6.45) is 3.08. The summed E-state index contributed by atoms with van der Waals surface area (Å²) in [4.78, 5) is 31.6. The molecule has 0 aliphatic heterocycles. The van der Waals surface area contributed by atoms with Crippen molar-refractivity contribution in [2.24, 2.45) is 0 Å². The lowest BCUT2D eigenvalue weighted by atomic mass is 10.1. The molecule has 0 fully saturated rings. The number of aromatic nitrogens is 2. The molecule has 0 spiro atoms. The molecule has 0 bridgehead atoms. The van der Waals surface area contributed by atoms with Gasteiger partial charge in [0.05, 0.1) is 12.2 Å². The average Bonchev–Trinajstić information content (AvgIpc) is 2.55. The van der Waals surface area contributed by atoms with Gasteiger partial charge in [-0.25, -0.2) is 9.78 Å². The Bertz CT molecular complexity index is 741. The van der Waals surface area contributed by atoms with Gasteiger partial charge in [0.25, 0.3) is 5.91 Å². The number of esters is 1. The zero-order valence-corrected chi connectivity index (χ0v) is 14.5. The van der Waals surface area contributed by atoms with Gasteiger partial charge < -0.3 is 10.1 Å². The van der Waals surface area contributed by atoms with Crippen LogP contribution in [0, 0.1) is 0 Å². The van der Waals surface area contributed by atoms with Crippen molar-refractivity contribution in [2.45, 2.75) is 26.0 Å². The van der Waals surface area contributed by atoms with Crippen molar-refractivity contribution in [3.63, 3.8) is 0 Å². The van der Waals surface area contributed by atoms with E-state index in [1.807, 2.05) is 0 Å². The van der Waals surface area contributed by atoms with Crippen molar-refractivity contribution < 1.29 is 14.3 Å². The molecule has 8 heteroatoms. The molecule has 24 heavy (non-hydrogen) atoms. The van der Waals surface area contributed by atoms with Crippen molar-refractivity contribution in [1.29, 1.82) is 0 Å². The highest BCUT2D eigenvalue weighted by Gasteiger charge is 2.22. The Morgan fingerprint density at radius 1 is 1.21 bits per heavy atom. The summed E-state index contributed by atoms with van der Waals surface area (Å²) in [7, 11) is 0. The molecule has 1 amide bonds. The second-order valence-corrected chi connectivity index (χ2v) is 5.88. The SMILES string of the molecule is C[C@@H](OC(=O)c1cnccn1)C(=O)N[C@H](C)c1ccc(Cl)cc1Cl. The quantitative estimate of drug-likeness (QED) is 0.820. The standard InChI is InChI=1S/C16H15Cl2N3O3/c1-9(12-4-3-11(17)7-13(12)18)21-15(22)10(2)24-16(23)14-8-19-5-6-20-14/h3-10H,1-2H3,(H,21,22)/t9-,10-/m1/s1. The van der Waals surface area contributed by atoms with Gasteiger partial charge in [0.2, 0.25) is 0 Å². The molecule has 126 valence electrons. The highest BCUT2D eigenvalue weighted by molar-refractivity contribution is 6.35. The summed E-state index contributed by atoms with van der Waals surface area (Å²) >= 11 is 12.0. The Morgan fingerprint density at radius 3 is 2.58 bits per heavy atom. The molecule has 1 heterocycles. The maximum atomic E-state index is 12.2. The summed E-state index contributed by atoms with van der Waals surface area (Å²) in [6, 6.07) is 4.63. The Morgan fingerprint density at radius 2 is 1.96 bits per heavy atom. The van der Waals surface area contributed by atoms with Crippen molar-refractivity contribution in [3.05, 3.63) is 58.1 Å². The number of carbonyl (C=O) groups is 2. The van der Waals surface area contributed by atoms with Gasteiger partial charge in [0.1, 0.15) is 0 Å². The molecule has 0 unspecified atom stereocenters. The van der Waals surface area contributed by atoms with Crippen LogP contribution in [-0.4, -0.2) is 27.9 Å². The Kier molecular flexibility index (Phi) is 6.11. The minimum absolute atomic E-state index is 0.0333. The minimum Gasteiger partial charge on any atom is -0.448 e. The number of nitrogens with one attached hydrogen (secondary N) is 1. The van der Waals surface area contributed by atoms with E-state index in [2.05, 4.69) is 15.3 Å². The van der Waals surface area contributed by atoms with E-state index in [0.717, 1.165) is 0 Å². The maximum Gasteiger partial charge on any atom is 0.359 e.